The van der Waals surface area contributed by atoms with E-state index in [-0.39, 0.29) is 0 Å². The van der Waals surface area contributed by atoms with Crippen LogP contribution in [0.5, 0.6) is 5.75 Å². The molecule has 0 saturated heterocycles. The number of hydrogen-bond donors (Lipinski definition) is 1. The van der Waals surface area contributed by atoms with E-state index in [1.807, 2.05) is 24.3 Å². The maximum Gasteiger partial charge on any atom is 0.142 e. The molecule has 2 N–H and O–H groups in total. The summed E-state index contributed by atoms with van der Waals surface area (Å²) >= 11 is 0. The SMILES string of the molecule is COc1ccccc1N(C)CCc1ccccc1CN. The molecule has 20 heavy (non-hydrogen) atoms. The van der Waals surface area contributed by atoms with Gasteiger partial charge in [-0.2, -0.15) is 0 Å². The first-order valence-electron chi connectivity index (χ1n) is 6.87. The molecule has 0 bridgehead atoms. The van der Waals surface area contributed by atoms with Crippen molar-refractivity contribution >= 4 is 5.69 Å². The predicted octanol–water partition coefficient (Wildman–Crippen LogP) is 2.83. The van der Waals surface area contributed by atoms with E-state index in [4.69, 9.17) is 10.5 Å². The fraction of sp³-hybridized carbons (Fsp3) is 0.294. The van der Waals surface area contributed by atoms with Crippen LogP contribution < -0.4 is 15.4 Å². The highest BCUT2D eigenvalue weighted by atomic mass is 16.5. The van der Waals surface area contributed by atoms with E-state index >= 15 is 0 Å². The molecule has 106 valence electrons. The van der Waals surface area contributed by atoms with Crippen LogP contribution in [0.1, 0.15) is 11.1 Å². The maximum absolute atomic E-state index is 5.78. The van der Waals surface area contributed by atoms with Crippen LogP contribution in [0, 0.1) is 0 Å². The highest BCUT2D eigenvalue weighted by molar-refractivity contribution is 5.57. The Morgan fingerprint density at radius 2 is 1.65 bits per heavy atom. The van der Waals surface area contributed by atoms with Crippen LogP contribution in [0.15, 0.2) is 48.5 Å². The van der Waals surface area contributed by atoms with Crippen molar-refractivity contribution in [1.29, 1.82) is 0 Å². The van der Waals surface area contributed by atoms with Crippen molar-refractivity contribution in [3.63, 3.8) is 0 Å². The largest absolute Gasteiger partial charge is 0.495 e. The highest BCUT2D eigenvalue weighted by Crippen LogP contribution is 2.26. The Morgan fingerprint density at radius 3 is 2.35 bits per heavy atom. The van der Waals surface area contributed by atoms with Crippen molar-refractivity contribution in [2.75, 3.05) is 25.6 Å². The molecule has 0 aliphatic rings. The van der Waals surface area contributed by atoms with E-state index in [1.54, 1.807) is 7.11 Å². The average Bonchev–Trinajstić information content (AvgIpc) is 2.52. The second-order valence-electron chi connectivity index (χ2n) is 4.82. The summed E-state index contributed by atoms with van der Waals surface area (Å²) in [6, 6.07) is 16.4. The normalized spacial score (nSPS) is 10.3. The molecule has 0 aromatic heterocycles. The van der Waals surface area contributed by atoms with Gasteiger partial charge in [-0.15, -0.1) is 0 Å². The summed E-state index contributed by atoms with van der Waals surface area (Å²) in [5.74, 6) is 0.905. The molecule has 0 aliphatic carbocycles. The molecule has 3 nitrogen and oxygen atoms in total. The van der Waals surface area contributed by atoms with Crippen molar-refractivity contribution < 1.29 is 4.74 Å². The van der Waals surface area contributed by atoms with Gasteiger partial charge in [0, 0.05) is 20.1 Å². The van der Waals surface area contributed by atoms with Crippen LogP contribution in [0.25, 0.3) is 0 Å². The van der Waals surface area contributed by atoms with Crippen molar-refractivity contribution in [2.45, 2.75) is 13.0 Å². The Kier molecular flexibility index (Phi) is 5.02. The first-order valence-corrected chi connectivity index (χ1v) is 6.87. The number of para-hydroxylation sites is 2. The molecule has 0 atom stereocenters. The Balaban J connectivity index is 2.07. The van der Waals surface area contributed by atoms with Gasteiger partial charge >= 0.3 is 0 Å². The Hall–Kier alpha value is -2.00. The lowest BCUT2D eigenvalue weighted by Gasteiger charge is -2.22. The van der Waals surface area contributed by atoms with E-state index in [0.29, 0.717) is 6.54 Å². The Bertz CT molecular complexity index is 554. The third-order valence-corrected chi connectivity index (χ3v) is 3.55. The van der Waals surface area contributed by atoms with Crippen molar-refractivity contribution in [3.05, 3.63) is 59.7 Å². The third-order valence-electron chi connectivity index (χ3n) is 3.55. The van der Waals surface area contributed by atoms with Gasteiger partial charge in [0.25, 0.3) is 0 Å². The maximum atomic E-state index is 5.78. The summed E-state index contributed by atoms with van der Waals surface area (Å²) in [4.78, 5) is 2.21. The van der Waals surface area contributed by atoms with Crippen LogP contribution in [0.2, 0.25) is 0 Å². The van der Waals surface area contributed by atoms with Crippen LogP contribution in [0.3, 0.4) is 0 Å². The number of nitrogens with two attached hydrogens (primary N) is 1. The van der Waals surface area contributed by atoms with E-state index < -0.39 is 0 Å². The van der Waals surface area contributed by atoms with Gasteiger partial charge in [-0.25, -0.2) is 0 Å². The molecule has 0 spiro atoms. The molecule has 0 radical (unpaired) electrons. The van der Waals surface area contributed by atoms with Gasteiger partial charge in [-0.1, -0.05) is 36.4 Å². The highest BCUT2D eigenvalue weighted by Gasteiger charge is 2.08. The predicted molar refractivity (Wildman–Crippen MR) is 84.3 cm³/mol. The van der Waals surface area contributed by atoms with Gasteiger partial charge < -0.3 is 15.4 Å². The summed E-state index contributed by atoms with van der Waals surface area (Å²) in [6.45, 7) is 1.52. The topological polar surface area (TPSA) is 38.5 Å². The molecule has 0 aliphatic heterocycles. The molecule has 0 unspecified atom stereocenters. The zero-order valence-corrected chi connectivity index (χ0v) is 12.2. The van der Waals surface area contributed by atoms with Crippen LogP contribution in [-0.4, -0.2) is 20.7 Å². The summed E-state index contributed by atoms with van der Waals surface area (Å²) in [5, 5.41) is 0. The van der Waals surface area contributed by atoms with Crippen molar-refractivity contribution in [2.24, 2.45) is 5.73 Å². The van der Waals surface area contributed by atoms with E-state index in [9.17, 15) is 0 Å². The number of likely N-dealkylation sites (N-methyl/N-ethyl adjacent to an activating group) is 1. The van der Waals surface area contributed by atoms with Crippen LogP contribution >= 0.6 is 0 Å². The van der Waals surface area contributed by atoms with E-state index in [0.717, 1.165) is 24.4 Å². The van der Waals surface area contributed by atoms with Crippen molar-refractivity contribution in [3.8, 4) is 5.75 Å². The first kappa shape index (κ1) is 14.4. The van der Waals surface area contributed by atoms with Gasteiger partial charge in [-0.3, -0.25) is 0 Å². The van der Waals surface area contributed by atoms with Gasteiger partial charge in [0.2, 0.25) is 0 Å². The minimum absolute atomic E-state index is 0.592. The third kappa shape index (κ3) is 3.31. The number of methoxy groups -OCH3 is 1. The monoisotopic (exact) mass is 270 g/mol. The average molecular weight is 270 g/mol. The first-order chi connectivity index (χ1) is 9.76. The molecular weight excluding hydrogens is 248 g/mol. The number of ether oxygens (including phenoxy) is 1. The lowest BCUT2D eigenvalue weighted by Crippen LogP contribution is -2.21. The molecule has 3 heteroatoms. The van der Waals surface area contributed by atoms with Gasteiger partial charge in [-0.05, 0) is 29.7 Å². The number of hydrogen-bond acceptors (Lipinski definition) is 3. The fourth-order valence-corrected chi connectivity index (χ4v) is 2.35. The molecule has 0 amide bonds. The Labute approximate surface area is 121 Å². The smallest absolute Gasteiger partial charge is 0.142 e. The lowest BCUT2D eigenvalue weighted by atomic mass is 10.0. The molecular formula is C17H22N2O. The molecule has 0 saturated carbocycles. The fourth-order valence-electron chi connectivity index (χ4n) is 2.35. The Morgan fingerprint density at radius 1 is 1.00 bits per heavy atom. The van der Waals surface area contributed by atoms with E-state index in [1.165, 1.54) is 11.1 Å². The van der Waals surface area contributed by atoms with Gasteiger partial charge in [0.1, 0.15) is 5.75 Å². The zero-order valence-electron chi connectivity index (χ0n) is 12.2. The molecule has 0 heterocycles. The standard InChI is InChI=1S/C17H22N2O/c1-19(16-9-5-6-10-17(16)20-2)12-11-14-7-3-4-8-15(14)13-18/h3-10H,11-13,18H2,1-2H3. The number of nitrogens with zero attached hydrogens (tertiary/aromatic N) is 1. The van der Waals surface area contributed by atoms with Crippen molar-refractivity contribution in [1.82, 2.24) is 0 Å². The minimum atomic E-state index is 0.592. The second-order valence-corrected chi connectivity index (χ2v) is 4.82. The molecule has 2 rings (SSSR count). The summed E-state index contributed by atoms with van der Waals surface area (Å²) in [6.07, 6.45) is 0.974. The molecule has 2 aromatic rings. The summed E-state index contributed by atoms with van der Waals surface area (Å²) in [5.41, 5.74) is 9.43. The quantitative estimate of drug-likeness (QED) is 0.877. The zero-order chi connectivity index (χ0) is 14.4. The lowest BCUT2D eigenvalue weighted by molar-refractivity contribution is 0.415. The van der Waals surface area contributed by atoms with Gasteiger partial charge in [0.05, 0.1) is 12.8 Å². The van der Waals surface area contributed by atoms with Crippen LogP contribution in [-0.2, 0) is 13.0 Å². The van der Waals surface area contributed by atoms with Gasteiger partial charge in [0.15, 0.2) is 0 Å². The number of benzene rings is 2. The number of anilines is 1. The second kappa shape index (κ2) is 6.96. The van der Waals surface area contributed by atoms with Crippen LogP contribution in [0.4, 0.5) is 5.69 Å². The minimum Gasteiger partial charge on any atom is -0.495 e. The summed E-state index contributed by atoms with van der Waals surface area (Å²) < 4.78 is 5.40. The van der Waals surface area contributed by atoms with E-state index in [2.05, 4.69) is 36.2 Å². The molecule has 0 fully saturated rings. The summed E-state index contributed by atoms with van der Waals surface area (Å²) in [7, 11) is 3.79. The molecule has 2 aromatic carbocycles. The number of rotatable bonds is 6.